The molecule has 0 N–H and O–H groups in total. The Morgan fingerprint density at radius 2 is 1.89 bits per heavy atom. The maximum atomic E-state index is 5.84. The Labute approximate surface area is 121 Å². The lowest BCUT2D eigenvalue weighted by atomic mass is 9.70. The number of hydrogen-bond acceptors (Lipinski definition) is 2. The highest BCUT2D eigenvalue weighted by Crippen LogP contribution is 2.38. The SMILES string of the molecule is COCCC1(c2ccccc2)CCN(CCCl)CC1. The number of piperidine rings is 1. The molecule has 2 rings (SSSR count). The van der Waals surface area contributed by atoms with Crippen LogP contribution in [0.25, 0.3) is 0 Å². The predicted octanol–water partition coefficient (Wildman–Crippen LogP) is 3.30. The molecule has 3 heteroatoms. The van der Waals surface area contributed by atoms with Crippen molar-refractivity contribution >= 4 is 11.6 Å². The van der Waals surface area contributed by atoms with Crippen molar-refractivity contribution in [1.82, 2.24) is 4.90 Å². The molecule has 1 aromatic carbocycles. The van der Waals surface area contributed by atoms with Gasteiger partial charge in [0.25, 0.3) is 0 Å². The summed E-state index contributed by atoms with van der Waals surface area (Å²) in [4.78, 5) is 2.47. The molecular formula is C16H24ClNO. The number of halogens is 1. The fraction of sp³-hybridized carbons (Fsp3) is 0.625. The van der Waals surface area contributed by atoms with Gasteiger partial charge in [0.05, 0.1) is 0 Å². The maximum absolute atomic E-state index is 5.84. The van der Waals surface area contributed by atoms with Gasteiger partial charge in [-0.3, -0.25) is 0 Å². The van der Waals surface area contributed by atoms with Crippen LogP contribution in [-0.2, 0) is 10.2 Å². The molecule has 0 unspecified atom stereocenters. The fourth-order valence-electron chi connectivity index (χ4n) is 3.10. The molecule has 1 aliphatic heterocycles. The van der Waals surface area contributed by atoms with E-state index in [0.717, 1.165) is 38.5 Å². The molecule has 0 aliphatic carbocycles. The van der Waals surface area contributed by atoms with Crippen molar-refractivity contribution in [2.75, 3.05) is 39.2 Å². The summed E-state index contributed by atoms with van der Waals surface area (Å²) < 4.78 is 5.33. The highest BCUT2D eigenvalue weighted by atomic mass is 35.5. The average molecular weight is 282 g/mol. The van der Waals surface area contributed by atoms with Crippen LogP contribution in [0.5, 0.6) is 0 Å². The number of ether oxygens (including phenoxy) is 1. The molecule has 2 nitrogen and oxygen atoms in total. The molecule has 0 amide bonds. The summed E-state index contributed by atoms with van der Waals surface area (Å²) in [7, 11) is 1.79. The largest absolute Gasteiger partial charge is 0.385 e. The minimum absolute atomic E-state index is 0.292. The summed E-state index contributed by atoms with van der Waals surface area (Å²) in [5, 5.41) is 0. The highest BCUT2D eigenvalue weighted by molar-refractivity contribution is 6.18. The number of methoxy groups -OCH3 is 1. The molecule has 0 spiro atoms. The van der Waals surface area contributed by atoms with Crippen molar-refractivity contribution in [1.29, 1.82) is 0 Å². The molecule has 106 valence electrons. The first-order valence-corrected chi connectivity index (χ1v) is 7.67. The Morgan fingerprint density at radius 3 is 2.47 bits per heavy atom. The summed E-state index contributed by atoms with van der Waals surface area (Å²) in [5.74, 6) is 0.733. The zero-order chi connectivity index (χ0) is 13.6. The number of benzene rings is 1. The smallest absolute Gasteiger partial charge is 0.0470 e. The third-order valence-corrected chi connectivity index (χ3v) is 4.55. The van der Waals surface area contributed by atoms with Crippen LogP contribution >= 0.6 is 11.6 Å². The highest BCUT2D eigenvalue weighted by Gasteiger charge is 2.35. The molecule has 19 heavy (non-hydrogen) atoms. The standard InChI is InChI=1S/C16H24ClNO/c1-19-14-9-16(15-5-3-2-4-6-15)7-11-18(12-8-16)13-10-17/h2-6H,7-14H2,1H3. The Hall–Kier alpha value is -0.570. The molecular weight excluding hydrogens is 258 g/mol. The minimum atomic E-state index is 0.292. The van der Waals surface area contributed by atoms with E-state index in [-0.39, 0.29) is 0 Å². The lowest BCUT2D eigenvalue weighted by Gasteiger charge is -2.42. The van der Waals surface area contributed by atoms with E-state index in [4.69, 9.17) is 16.3 Å². The van der Waals surface area contributed by atoms with Gasteiger partial charge >= 0.3 is 0 Å². The molecule has 0 saturated carbocycles. The van der Waals surface area contributed by atoms with Crippen molar-refractivity contribution in [3.63, 3.8) is 0 Å². The molecule has 0 radical (unpaired) electrons. The third-order valence-electron chi connectivity index (χ3n) is 4.38. The molecule has 0 aromatic heterocycles. The number of nitrogens with zero attached hydrogens (tertiary/aromatic N) is 1. The lowest BCUT2D eigenvalue weighted by molar-refractivity contribution is 0.115. The summed E-state index contributed by atoms with van der Waals surface area (Å²) in [6, 6.07) is 10.9. The van der Waals surface area contributed by atoms with Gasteiger partial charge in [0.1, 0.15) is 0 Å². The normalized spacial score (nSPS) is 19.5. The topological polar surface area (TPSA) is 12.5 Å². The molecule has 0 bridgehead atoms. The first kappa shape index (κ1) is 14.8. The van der Waals surface area contributed by atoms with Gasteiger partial charge in [-0.2, -0.15) is 0 Å². The summed E-state index contributed by atoms with van der Waals surface area (Å²) in [5.41, 5.74) is 1.76. The average Bonchev–Trinajstić information content (AvgIpc) is 2.48. The fourth-order valence-corrected chi connectivity index (χ4v) is 3.34. The Balaban J connectivity index is 2.09. The second-order valence-electron chi connectivity index (χ2n) is 5.42. The van der Waals surface area contributed by atoms with Gasteiger partial charge in [0.2, 0.25) is 0 Å². The zero-order valence-corrected chi connectivity index (χ0v) is 12.5. The van der Waals surface area contributed by atoms with Crippen LogP contribution in [0.4, 0.5) is 0 Å². The molecule has 1 saturated heterocycles. The van der Waals surface area contributed by atoms with Crippen LogP contribution < -0.4 is 0 Å². The van der Waals surface area contributed by atoms with Gasteiger partial charge in [-0.25, -0.2) is 0 Å². The summed E-state index contributed by atoms with van der Waals surface area (Å²) >= 11 is 5.84. The molecule has 1 aliphatic rings. The van der Waals surface area contributed by atoms with Crippen molar-refractivity contribution in [3.8, 4) is 0 Å². The van der Waals surface area contributed by atoms with Gasteiger partial charge in [-0.15, -0.1) is 11.6 Å². The molecule has 1 aromatic rings. The molecule has 0 atom stereocenters. The van der Waals surface area contributed by atoms with Crippen LogP contribution in [0.1, 0.15) is 24.8 Å². The first-order chi connectivity index (χ1) is 9.30. The van der Waals surface area contributed by atoms with E-state index < -0.39 is 0 Å². The van der Waals surface area contributed by atoms with Crippen molar-refractivity contribution in [2.45, 2.75) is 24.7 Å². The molecule has 1 heterocycles. The van der Waals surface area contributed by atoms with E-state index in [2.05, 4.69) is 35.2 Å². The van der Waals surface area contributed by atoms with Crippen LogP contribution in [-0.4, -0.2) is 44.1 Å². The second kappa shape index (κ2) is 7.28. The number of likely N-dealkylation sites (tertiary alicyclic amines) is 1. The van der Waals surface area contributed by atoms with E-state index in [1.807, 2.05) is 0 Å². The number of hydrogen-bond donors (Lipinski definition) is 0. The van der Waals surface area contributed by atoms with Gasteiger partial charge in [-0.05, 0) is 43.3 Å². The number of alkyl halides is 1. The van der Waals surface area contributed by atoms with Gasteiger partial charge in [0.15, 0.2) is 0 Å². The monoisotopic (exact) mass is 281 g/mol. The zero-order valence-electron chi connectivity index (χ0n) is 11.8. The molecule has 1 fully saturated rings. The Kier molecular flexibility index (Phi) is 5.68. The first-order valence-electron chi connectivity index (χ1n) is 7.13. The van der Waals surface area contributed by atoms with Gasteiger partial charge < -0.3 is 9.64 Å². The Bertz CT molecular complexity index is 360. The Morgan fingerprint density at radius 1 is 1.21 bits per heavy atom. The number of rotatable bonds is 6. The van der Waals surface area contributed by atoms with E-state index >= 15 is 0 Å². The summed E-state index contributed by atoms with van der Waals surface area (Å²) in [6.07, 6.45) is 3.52. The second-order valence-corrected chi connectivity index (χ2v) is 5.80. The van der Waals surface area contributed by atoms with Crippen LogP contribution in [0.3, 0.4) is 0 Å². The van der Waals surface area contributed by atoms with E-state index in [0.29, 0.717) is 5.41 Å². The van der Waals surface area contributed by atoms with Crippen LogP contribution in [0.15, 0.2) is 30.3 Å². The van der Waals surface area contributed by atoms with E-state index in [1.54, 1.807) is 7.11 Å². The quantitative estimate of drug-likeness (QED) is 0.742. The van der Waals surface area contributed by atoms with Crippen LogP contribution in [0.2, 0.25) is 0 Å². The summed E-state index contributed by atoms with van der Waals surface area (Å²) in [6.45, 7) is 4.14. The van der Waals surface area contributed by atoms with Crippen molar-refractivity contribution < 1.29 is 4.74 Å². The van der Waals surface area contributed by atoms with Crippen molar-refractivity contribution in [2.24, 2.45) is 0 Å². The third kappa shape index (κ3) is 3.71. The van der Waals surface area contributed by atoms with Crippen LogP contribution in [0, 0.1) is 0 Å². The van der Waals surface area contributed by atoms with E-state index in [1.165, 1.54) is 18.4 Å². The van der Waals surface area contributed by atoms with Crippen molar-refractivity contribution in [3.05, 3.63) is 35.9 Å². The predicted molar refractivity (Wildman–Crippen MR) is 81.0 cm³/mol. The maximum Gasteiger partial charge on any atom is 0.0470 e. The minimum Gasteiger partial charge on any atom is -0.385 e. The van der Waals surface area contributed by atoms with Gasteiger partial charge in [-0.1, -0.05) is 30.3 Å². The van der Waals surface area contributed by atoms with Gasteiger partial charge in [0, 0.05) is 26.1 Å². The lowest BCUT2D eigenvalue weighted by Crippen LogP contribution is -2.43. The van der Waals surface area contributed by atoms with E-state index in [9.17, 15) is 0 Å².